The molecule has 0 amide bonds. The smallest absolute Gasteiger partial charge is 0.397 e. The predicted molar refractivity (Wildman–Crippen MR) is 73.1 cm³/mol. The Morgan fingerprint density at radius 3 is 2.14 bits per heavy atom. The molecule has 118 valence electrons. The van der Waals surface area contributed by atoms with Gasteiger partial charge in [-0.1, -0.05) is 0 Å². The minimum absolute atomic E-state index is 0.0168. The molecule has 0 bridgehead atoms. The number of alkyl halides is 3. The van der Waals surface area contributed by atoms with Crippen molar-refractivity contribution in [2.75, 3.05) is 10.5 Å². The summed E-state index contributed by atoms with van der Waals surface area (Å²) in [6.45, 7) is 0. The molecule has 4 nitrogen and oxygen atoms in total. The van der Waals surface area contributed by atoms with E-state index < -0.39 is 32.5 Å². The lowest BCUT2D eigenvalue weighted by molar-refractivity contribution is -0.137. The summed E-state index contributed by atoms with van der Waals surface area (Å²) in [6.07, 6.45) is -4.57. The number of hydrogen-bond acceptors (Lipinski definition) is 3. The molecular weight excluding hydrogens is 324 g/mol. The molecule has 0 atom stereocenters. The Morgan fingerprint density at radius 2 is 1.59 bits per heavy atom. The Hall–Kier alpha value is -2.29. The van der Waals surface area contributed by atoms with E-state index in [4.69, 9.17) is 5.73 Å². The highest BCUT2D eigenvalue weighted by molar-refractivity contribution is 7.92. The fourth-order valence-corrected chi connectivity index (χ4v) is 2.72. The molecule has 0 aliphatic rings. The standard InChI is InChI=1S/C13H10F4N2O2S/c14-9-3-6-11(18)12(7-9)19-22(20,21)10-4-1-8(2-5-10)13(15,16)17/h1-7,19H,18H2. The van der Waals surface area contributed by atoms with Gasteiger partial charge in [-0.25, -0.2) is 12.8 Å². The summed E-state index contributed by atoms with van der Waals surface area (Å²) in [6, 6.07) is 5.98. The quantitative estimate of drug-likeness (QED) is 0.669. The zero-order chi connectivity index (χ0) is 16.5. The van der Waals surface area contributed by atoms with Crippen LogP contribution in [0.2, 0.25) is 0 Å². The van der Waals surface area contributed by atoms with Crippen LogP contribution in [0, 0.1) is 5.82 Å². The Morgan fingerprint density at radius 1 is 1.00 bits per heavy atom. The molecule has 2 rings (SSSR count). The molecule has 3 N–H and O–H groups in total. The molecule has 0 spiro atoms. The number of sulfonamides is 1. The maximum Gasteiger partial charge on any atom is 0.416 e. The van der Waals surface area contributed by atoms with Crippen LogP contribution in [0.3, 0.4) is 0 Å². The Kier molecular flexibility index (Phi) is 4.01. The summed E-state index contributed by atoms with van der Waals surface area (Å²) < 4.78 is 76.5. The van der Waals surface area contributed by atoms with Gasteiger partial charge in [0.05, 0.1) is 21.8 Å². The maximum absolute atomic E-state index is 13.1. The number of nitrogen functional groups attached to an aromatic ring is 1. The number of halogens is 4. The Labute approximate surface area is 123 Å². The largest absolute Gasteiger partial charge is 0.416 e. The van der Waals surface area contributed by atoms with Crippen molar-refractivity contribution in [1.82, 2.24) is 0 Å². The third-order valence-electron chi connectivity index (χ3n) is 2.75. The van der Waals surface area contributed by atoms with E-state index >= 15 is 0 Å². The van der Waals surface area contributed by atoms with Crippen molar-refractivity contribution in [2.24, 2.45) is 0 Å². The maximum atomic E-state index is 13.1. The van der Waals surface area contributed by atoms with Gasteiger partial charge in [0, 0.05) is 6.07 Å². The number of rotatable bonds is 3. The summed E-state index contributed by atoms with van der Waals surface area (Å²) in [7, 11) is -4.18. The molecule has 0 fully saturated rings. The van der Waals surface area contributed by atoms with E-state index in [9.17, 15) is 26.0 Å². The molecular formula is C13H10F4N2O2S. The average molecular weight is 334 g/mol. The predicted octanol–water partition coefficient (Wildman–Crippen LogP) is 3.23. The van der Waals surface area contributed by atoms with Gasteiger partial charge in [0.2, 0.25) is 0 Å². The zero-order valence-electron chi connectivity index (χ0n) is 10.9. The molecule has 0 heterocycles. The molecule has 0 aromatic heterocycles. The van der Waals surface area contributed by atoms with Gasteiger partial charge in [0.1, 0.15) is 5.82 Å². The van der Waals surface area contributed by atoms with Crippen LogP contribution >= 0.6 is 0 Å². The van der Waals surface area contributed by atoms with E-state index in [0.29, 0.717) is 12.1 Å². The number of nitrogens with two attached hydrogens (primary N) is 1. The number of nitrogens with one attached hydrogen (secondary N) is 1. The Balaban J connectivity index is 2.33. The van der Waals surface area contributed by atoms with Crippen molar-refractivity contribution in [1.29, 1.82) is 0 Å². The van der Waals surface area contributed by atoms with E-state index in [-0.39, 0.29) is 11.4 Å². The van der Waals surface area contributed by atoms with Gasteiger partial charge in [0.15, 0.2) is 0 Å². The van der Waals surface area contributed by atoms with Crippen molar-refractivity contribution in [3.05, 3.63) is 53.8 Å². The average Bonchev–Trinajstić information content (AvgIpc) is 2.42. The first kappa shape index (κ1) is 16.1. The highest BCUT2D eigenvalue weighted by atomic mass is 32.2. The molecule has 2 aromatic rings. The van der Waals surface area contributed by atoms with Crippen molar-refractivity contribution < 1.29 is 26.0 Å². The lowest BCUT2D eigenvalue weighted by atomic mass is 10.2. The monoisotopic (exact) mass is 334 g/mol. The first-order valence-corrected chi connectivity index (χ1v) is 7.33. The first-order valence-electron chi connectivity index (χ1n) is 5.85. The van der Waals surface area contributed by atoms with Gasteiger partial charge < -0.3 is 5.73 Å². The highest BCUT2D eigenvalue weighted by Gasteiger charge is 2.30. The molecule has 0 unspecified atom stereocenters. The first-order chi connectivity index (χ1) is 10.1. The van der Waals surface area contributed by atoms with Gasteiger partial charge >= 0.3 is 6.18 Å². The summed E-state index contributed by atoms with van der Waals surface area (Å²) in [5.74, 6) is -0.709. The lowest BCUT2D eigenvalue weighted by Gasteiger charge is -2.11. The van der Waals surface area contributed by atoms with Gasteiger partial charge in [-0.2, -0.15) is 13.2 Å². The summed E-state index contributed by atoms with van der Waals surface area (Å²) in [5, 5.41) is 0. The van der Waals surface area contributed by atoms with Gasteiger partial charge in [-0.3, -0.25) is 4.72 Å². The van der Waals surface area contributed by atoms with Crippen molar-refractivity contribution in [3.63, 3.8) is 0 Å². The molecule has 9 heteroatoms. The second-order valence-corrected chi connectivity index (χ2v) is 6.04. The second kappa shape index (κ2) is 5.48. The Bertz CT molecular complexity index is 787. The van der Waals surface area contributed by atoms with E-state index in [2.05, 4.69) is 0 Å². The second-order valence-electron chi connectivity index (χ2n) is 4.36. The molecule has 0 aliphatic heterocycles. The van der Waals surface area contributed by atoms with Crippen LogP contribution in [0.1, 0.15) is 5.56 Å². The molecule has 0 saturated heterocycles. The van der Waals surface area contributed by atoms with E-state index in [1.54, 1.807) is 0 Å². The normalized spacial score (nSPS) is 12.2. The number of hydrogen-bond donors (Lipinski definition) is 2. The minimum Gasteiger partial charge on any atom is -0.397 e. The third-order valence-corrected chi connectivity index (χ3v) is 4.13. The zero-order valence-corrected chi connectivity index (χ0v) is 11.7. The van der Waals surface area contributed by atoms with E-state index in [1.165, 1.54) is 6.07 Å². The number of benzene rings is 2. The molecule has 0 aliphatic carbocycles. The van der Waals surface area contributed by atoms with Crippen LogP contribution in [-0.2, 0) is 16.2 Å². The van der Waals surface area contributed by atoms with Crippen molar-refractivity contribution >= 4 is 21.4 Å². The molecule has 0 saturated carbocycles. The molecule has 2 aromatic carbocycles. The van der Waals surface area contributed by atoms with Crippen LogP contribution < -0.4 is 10.5 Å². The molecule has 22 heavy (non-hydrogen) atoms. The third kappa shape index (κ3) is 3.48. The van der Waals surface area contributed by atoms with Crippen molar-refractivity contribution in [3.8, 4) is 0 Å². The summed E-state index contributed by atoms with van der Waals surface area (Å²) in [5.41, 5.74) is 4.33. The van der Waals surface area contributed by atoms with E-state index in [0.717, 1.165) is 24.3 Å². The SMILES string of the molecule is Nc1ccc(F)cc1NS(=O)(=O)c1ccc(C(F)(F)F)cc1. The van der Waals surface area contributed by atoms with Gasteiger partial charge in [0.25, 0.3) is 10.0 Å². The fourth-order valence-electron chi connectivity index (χ4n) is 1.64. The van der Waals surface area contributed by atoms with Gasteiger partial charge in [-0.15, -0.1) is 0 Å². The highest BCUT2D eigenvalue weighted by Crippen LogP contribution is 2.30. The number of anilines is 2. The minimum atomic E-state index is -4.57. The fraction of sp³-hybridized carbons (Fsp3) is 0.0769. The summed E-state index contributed by atoms with van der Waals surface area (Å²) >= 11 is 0. The van der Waals surface area contributed by atoms with E-state index in [1.807, 2.05) is 4.72 Å². The molecule has 0 radical (unpaired) electrons. The van der Waals surface area contributed by atoms with Crippen LogP contribution in [-0.4, -0.2) is 8.42 Å². The summed E-state index contributed by atoms with van der Waals surface area (Å²) in [4.78, 5) is -0.399. The van der Waals surface area contributed by atoms with Gasteiger partial charge in [-0.05, 0) is 36.4 Å². The van der Waals surface area contributed by atoms with Crippen LogP contribution in [0.5, 0.6) is 0 Å². The van der Waals surface area contributed by atoms with Crippen LogP contribution in [0.15, 0.2) is 47.4 Å². The van der Waals surface area contributed by atoms with Crippen LogP contribution in [0.4, 0.5) is 28.9 Å². The topological polar surface area (TPSA) is 72.2 Å². The lowest BCUT2D eigenvalue weighted by Crippen LogP contribution is -2.15. The van der Waals surface area contributed by atoms with Crippen LogP contribution in [0.25, 0.3) is 0 Å². The van der Waals surface area contributed by atoms with Crippen molar-refractivity contribution in [2.45, 2.75) is 11.1 Å².